The normalized spacial score (nSPS) is 10.6. The van der Waals surface area contributed by atoms with Crippen LogP contribution in [0.2, 0.25) is 0 Å². The molecule has 0 aliphatic rings. The Morgan fingerprint density at radius 3 is 2.28 bits per heavy atom. The summed E-state index contributed by atoms with van der Waals surface area (Å²) in [5.74, 6) is 2.01. The first kappa shape index (κ1) is 13.0. The zero-order valence-electron chi connectivity index (χ0n) is 10.9. The summed E-state index contributed by atoms with van der Waals surface area (Å²) in [5, 5.41) is 0. The van der Waals surface area contributed by atoms with E-state index in [9.17, 15) is 0 Å². The van der Waals surface area contributed by atoms with Crippen molar-refractivity contribution in [2.45, 2.75) is 25.4 Å². The van der Waals surface area contributed by atoms with Gasteiger partial charge in [-0.3, -0.25) is 0 Å². The van der Waals surface area contributed by atoms with Gasteiger partial charge in [0.15, 0.2) is 0 Å². The van der Waals surface area contributed by atoms with Crippen LogP contribution in [0, 0.1) is 13.8 Å². The maximum atomic E-state index is 5.93. The fourth-order valence-electron chi connectivity index (χ4n) is 2.10. The quantitative estimate of drug-likeness (QED) is 0.826. The standard InChI is InChI=1S/C16H19NS/c1-12-7-13(2)9-14(8-12)10-18-11-15-5-3-4-6-16(15)17/h3-9H,10-11,17H2,1-2H3. The number of nitrogen functional groups attached to an aromatic ring is 1. The molecule has 0 aliphatic carbocycles. The van der Waals surface area contributed by atoms with Gasteiger partial charge in [-0.2, -0.15) is 11.8 Å². The maximum absolute atomic E-state index is 5.93. The van der Waals surface area contributed by atoms with Crippen molar-refractivity contribution >= 4 is 17.4 Å². The molecule has 0 spiro atoms. The predicted octanol–water partition coefficient (Wildman–Crippen LogP) is 4.32. The second-order valence-corrected chi connectivity index (χ2v) is 5.67. The van der Waals surface area contributed by atoms with Crippen LogP contribution >= 0.6 is 11.8 Å². The molecule has 0 atom stereocenters. The van der Waals surface area contributed by atoms with Gasteiger partial charge in [-0.25, -0.2) is 0 Å². The minimum atomic E-state index is 0.894. The van der Waals surface area contributed by atoms with E-state index in [1.807, 2.05) is 30.0 Å². The van der Waals surface area contributed by atoms with Crippen LogP contribution in [0.3, 0.4) is 0 Å². The molecule has 1 nitrogen and oxygen atoms in total. The zero-order chi connectivity index (χ0) is 13.0. The highest BCUT2D eigenvalue weighted by molar-refractivity contribution is 7.97. The van der Waals surface area contributed by atoms with Gasteiger partial charge in [0.25, 0.3) is 0 Å². The van der Waals surface area contributed by atoms with Crippen molar-refractivity contribution in [3.63, 3.8) is 0 Å². The van der Waals surface area contributed by atoms with Crippen molar-refractivity contribution in [2.24, 2.45) is 0 Å². The van der Waals surface area contributed by atoms with Crippen molar-refractivity contribution in [3.05, 3.63) is 64.7 Å². The van der Waals surface area contributed by atoms with Gasteiger partial charge in [-0.15, -0.1) is 0 Å². The van der Waals surface area contributed by atoms with E-state index in [1.165, 1.54) is 22.3 Å². The molecule has 0 radical (unpaired) electrons. The number of rotatable bonds is 4. The number of hydrogen-bond acceptors (Lipinski definition) is 2. The summed E-state index contributed by atoms with van der Waals surface area (Å²) in [5.41, 5.74) is 12.1. The molecule has 18 heavy (non-hydrogen) atoms. The van der Waals surface area contributed by atoms with E-state index >= 15 is 0 Å². The van der Waals surface area contributed by atoms with Gasteiger partial charge in [-0.1, -0.05) is 47.5 Å². The Labute approximate surface area is 113 Å². The zero-order valence-corrected chi connectivity index (χ0v) is 11.8. The van der Waals surface area contributed by atoms with Gasteiger partial charge < -0.3 is 5.73 Å². The average molecular weight is 257 g/mol. The third-order valence-corrected chi connectivity index (χ3v) is 3.92. The Bertz CT molecular complexity index is 514. The first-order chi connectivity index (χ1) is 8.65. The summed E-state index contributed by atoms with van der Waals surface area (Å²) in [6, 6.07) is 14.8. The monoisotopic (exact) mass is 257 g/mol. The van der Waals surface area contributed by atoms with Crippen LogP contribution in [-0.2, 0) is 11.5 Å². The third kappa shape index (κ3) is 3.54. The first-order valence-corrected chi connectivity index (χ1v) is 7.29. The Morgan fingerprint density at radius 1 is 0.944 bits per heavy atom. The number of nitrogens with two attached hydrogens (primary N) is 1. The maximum Gasteiger partial charge on any atom is 0.0355 e. The number of thioether (sulfide) groups is 1. The lowest BCUT2D eigenvalue weighted by Gasteiger charge is -2.07. The minimum absolute atomic E-state index is 0.894. The lowest BCUT2D eigenvalue weighted by Crippen LogP contribution is -1.92. The summed E-state index contributed by atoms with van der Waals surface area (Å²) in [4.78, 5) is 0. The molecular weight excluding hydrogens is 238 g/mol. The number of para-hydroxylation sites is 1. The Morgan fingerprint density at radius 2 is 1.61 bits per heavy atom. The van der Waals surface area contributed by atoms with E-state index in [0.29, 0.717) is 0 Å². The molecule has 94 valence electrons. The summed E-state index contributed by atoms with van der Waals surface area (Å²) < 4.78 is 0. The Kier molecular flexibility index (Phi) is 4.32. The van der Waals surface area contributed by atoms with Crippen molar-refractivity contribution in [2.75, 3.05) is 5.73 Å². The summed E-state index contributed by atoms with van der Waals surface area (Å²) >= 11 is 1.91. The van der Waals surface area contributed by atoms with Gasteiger partial charge in [0, 0.05) is 17.2 Å². The van der Waals surface area contributed by atoms with Crippen molar-refractivity contribution in [1.82, 2.24) is 0 Å². The molecular formula is C16H19NS. The molecule has 2 aromatic rings. The highest BCUT2D eigenvalue weighted by Crippen LogP contribution is 2.22. The molecule has 0 unspecified atom stereocenters. The molecule has 2 rings (SSSR count). The molecule has 0 saturated heterocycles. The number of benzene rings is 2. The van der Waals surface area contributed by atoms with Gasteiger partial charge in [0.2, 0.25) is 0 Å². The number of aryl methyl sites for hydroxylation is 2. The summed E-state index contributed by atoms with van der Waals surface area (Å²) in [6.45, 7) is 4.30. The summed E-state index contributed by atoms with van der Waals surface area (Å²) in [7, 11) is 0. The average Bonchev–Trinajstić information content (AvgIpc) is 2.30. The van der Waals surface area contributed by atoms with Crippen LogP contribution in [0.25, 0.3) is 0 Å². The fourth-order valence-corrected chi connectivity index (χ4v) is 3.08. The second-order valence-electron chi connectivity index (χ2n) is 4.69. The van der Waals surface area contributed by atoms with Gasteiger partial charge >= 0.3 is 0 Å². The van der Waals surface area contributed by atoms with Gasteiger partial charge in [0.1, 0.15) is 0 Å². The number of hydrogen-bond donors (Lipinski definition) is 1. The highest BCUT2D eigenvalue weighted by Gasteiger charge is 2.00. The van der Waals surface area contributed by atoms with E-state index < -0.39 is 0 Å². The van der Waals surface area contributed by atoms with E-state index in [4.69, 9.17) is 5.73 Å². The van der Waals surface area contributed by atoms with E-state index in [1.54, 1.807) is 0 Å². The van der Waals surface area contributed by atoms with Crippen LogP contribution in [0.1, 0.15) is 22.3 Å². The number of anilines is 1. The Balaban J connectivity index is 1.94. The minimum Gasteiger partial charge on any atom is -0.398 e. The third-order valence-electron chi connectivity index (χ3n) is 2.86. The SMILES string of the molecule is Cc1cc(C)cc(CSCc2ccccc2N)c1. The highest BCUT2D eigenvalue weighted by atomic mass is 32.2. The fraction of sp³-hybridized carbons (Fsp3) is 0.250. The van der Waals surface area contributed by atoms with Crippen molar-refractivity contribution in [1.29, 1.82) is 0 Å². The molecule has 2 N–H and O–H groups in total. The lowest BCUT2D eigenvalue weighted by molar-refractivity contribution is 1.29. The van der Waals surface area contributed by atoms with E-state index in [-0.39, 0.29) is 0 Å². The van der Waals surface area contributed by atoms with Crippen LogP contribution in [-0.4, -0.2) is 0 Å². The van der Waals surface area contributed by atoms with E-state index in [0.717, 1.165) is 17.2 Å². The van der Waals surface area contributed by atoms with Crippen molar-refractivity contribution < 1.29 is 0 Å². The second kappa shape index (κ2) is 5.96. The molecule has 0 heterocycles. The molecule has 0 bridgehead atoms. The van der Waals surface area contributed by atoms with Crippen LogP contribution in [0.15, 0.2) is 42.5 Å². The molecule has 2 heteroatoms. The van der Waals surface area contributed by atoms with E-state index in [2.05, 4.69) is 38.1 Å². The summed E-state index contributed by atoms with van der Waals surface area (Å²) in [6.07, 6.45) is 0. The molecule has 2 aromatic carbocycles. The van der Waals surface area contributed by atoms with Crippen molar-refractivity contribution in [3.8, 4) is 0 Å². The van der Waals surface area contributed by atoms with Gasteiger partial charge in [-0.05, 0) is 31.0 Å². The largest absolute Gasteiger partial charge is 0.398 e. The smallest absolute Gasteiger partial charge is 0.0355 e. The molecule has 0 amide bonds. The van der Waals surface area contributed by atoms with Crippen LogP contribution in [0.5, 0.6) is 0 Å². The predicted molar refractivity (Wildman–Crippen MR) is 81.8 cm³/mol. The topological polar surface area (TPSA) is 26.0 Å². The lowest BCUT2D eigenvalue weighted by atomic mass is 10.1. The molecule has 0 aliphatic heterocycles. The molecule has 0 aromatic heterocycles. The molecule has 0 fully saturated rings. The molecule has 0 saturated carbocycles. The Hall–Kier alpha value is -1.41. The first-order valence-electron chi connectivity index (χ1n) is 6.13. The van der Waals surface area contributed by atoms with Crippen LogP contribution < -0.4 is 5.73 Å². The van der Waals surface area contributed by atoms with Crippen LogP contribution in [0.4, 0.5) is 5.69 Å². The van der Waals surface area contributed by atoms with Gasteiger partial charge in [0.05, 0.1) is 0 Å².